The summed E-state index contributed by atoms with van der Waals surface area (Å²) < 4.78 is 0. The molecule has 2 aromatic rings. The minimum atomic E-state index is -0.149. The summed E-state index contributed by atoms with van der Waals surface area (Å²) in [6, 6.07) is 13.5. The number of rotatable bonds is 4. The van der Waals surface area contributed by atoms with E-state index in [0.717, 1.165) is 22.3 Å². The Morgan fingerprint density at radius 1 is 0.880 bits per heavy atom. The average molecular weight is 338 g/mol. The third kappa shape index (κ3) is 4.72. The van der Waals surface area contributed by atoms with Gasteiger partial charge in [0.1, 0.15) is 5.75 Å². The molecule has 0 saturated heterocycles. The molecule has 2 aromatic carbocycles. The van der Waals surface area contributed by atoms with Gasteiger partial charge in [-0.15, -0.1) is 0 Å². The maximum absolute atomic E-state index is 12.4. The Kier molecular flexibility index (Phi) is 5.41. The number of carbonyl (C=O) groups is 1. The first-order chi connectivity index (χ1) is 11.5. The van der Waals surface area contributed by atoms with Crippen molar-refractivity contribution in [1.82, 2.24) is 0 Å². The van der Waals surface area contributed by atoms with Crippen LogP contribution in [0.2, 0.25) is 0 Å². The van der Waals surface area contributed by atoms with E-state index in [4.69, 9.17) is 0 Å². The molecule has 0 fully saturated rings. The highest BCUT2D eigenvalue weighted by Crippen LogP contribution is 2.40. The van der Waals surface area contributed by atoms with Crippen molar-refractivity contribution >= 4 is 5.78 Å². The van der Waals surface area contributed by atoms with Gasteiger partial charge in [-0.05, 0) is 33.9 Å². The second-order valence-corrected chi connectivity index (χ2v) is 8.83. The number of aromatic hydroxyl groups is 1. The predicted octanol–water partition coefficient (Wildman–Crippen LogP) is 5.80. The van der Waals surface area contributed by atoms with Crippen molar-refractivity contribution in [2.75, 3.05) is 0 Å². The molecule has 0 bridgehead atoms. The van der Waals surface area contributed by atoms with Crippen LogP contribution in [0, 0.1) is 0 Å². The fraction of sp³-hybridized carbons (Fsp3) is 0.435. The highest BCUT2D eigenvalue weighted by Gasteiger charge is 2.26. The molecule has 0 radical (unpaired) electrons. The summed E-state index contributed by atoms with van der Waals surface area (Å²) >= 11 is 0. The molecule has 0 unspecified atom stereocenters. The van der Waals surface area contributed by atoms with E-state index in [1.165, 1.54) is 0 Å². The predicted molar refractivity (Wildman–Crippen MR) is 105 cm³/mol. The molecular formula is C23H30O2. The summed E-state index contributed by atoms with van der Waals surface area (Å²) in [5, 5.41) is 10.8. The van der Waals surface area contributed by atoms with Gasteiger partial charge in [-0.1, -0.05) is 84.0 Å². The molecule has 0 atom stereocenters. The number of phenolic OH excluding ortho intramolecular Hbond substituents is 1. The van der Waals surface area contributed by atoms with Gasteiger partial charge in [0, 0.05) is 12.0 Å². The van der Waals surface area contributed by atoms with E-state index in [2.05, 4.69) is 53.7 Å². The summed E-state index contributed by atoms with van der Waals surface area (Å²) in [6.07, 6.45) is 1.15. The number of hydrogen-bond donors (Lipinski definition) is 1. The van der Waals surface area contributed by atoms with E-state index in [1.807, 2.05) is 30.3 Å². The Balaban J connectivity index is 2.33. The van der Waals surface area contributed by atoms with Crippen LogP contribution in [0.1, 0.15) is 75.0 Å². The van der Waals surface area contributed by atoms with Crippen LogP contribution in [0.4, 0.5) is 0 Å². The number of carbonyl (C=O) groups excluding carboxylic acids is 1. The van der Waals surface area contributed by atoms with Crippen LogP contribution in [0.15, 0.2) is 42.5 Å². The molecule has 25 heavy (non-hydrogen) atoms. The fourth-order valence-corrected chi connectivity index (χ4v) is 3.01. The number of phenols is 1. The molecule has 0 aliphatic carbocycles. The molecule has 0 aliphatic rings. The van der Waals surface area contributed by atoms with Gasteiger partial charge in [0.2, 0.25) is 0 Å². The van der Waals surface area contributed by atoms with E-state index in [0.29, 0.717) is 18.6 Å². The fourth-order valence-electron chi connectivity index (χ4n) is 3.01. The van der Waals surface area contributed by atoms with Gasteiger partial charge in [0.25, 0.3) is 0 Å². The van der Waals surface area contributed by atoms with Crippen LogP contribution >= 0.6 is 0 Å². The van der Waals surface area contributed by atoms with Crippen LogP contribution in [0.3, 0.4) is 0 Å². The minimum Gasteiger partial charge on any atom is -0.507 e. The molecule has 0 saturated carbocycles. The van der Waals surface area contributed by atoms with E-state index in [9.17, 15) is 9.90 Å². The van der Waals surface area contributed by atoms with Gasteiger partial charge in [0.05, 0.1) is 0 Å². The summed E-state index contributed by atoms with van der Waals surface area (Å²) in [5.41, 5.74) is 3.46. The Bertz CT molecular complexity index is 709. The van der Waals surface area contributed by atoms with Gasteiger partial charge in [-0.2, -0.15) is 0 Å². The largest absolute Gasteiger partial charge is 0.507 e. The zero-order valence-electron chi connectivity index (χ0n) is 16.3. The van der Waals surface area contributed by atoms with Crippen LogP contribution in [-0.4, -0.2) is 10.9 Å². The van der Waals surface area contributed by atoms with E-state index in [-0.39, 0.29) is 16.6 Å². The molecular weight excluding hydrogens is 308 g/mol. The zero-order chi connectivity index (χ0) is 18.8. The SMILES string of the molecule is CC(C)(C)c1cc(CCC(=O)c2ccccc2)cc(C(C)(C)C)c1O. The quantitative estimate of drug-likeness (QED) is 0.715. The lowest BCUT2D eigenvalue weighted by Gasteiger charge is -2.28. The lowest BCUT2D eigenvalue weighted by molar-refractivity contribution is 0.0983. The monoisotopic (exact) mass is 338 g/mol. The number of Topliss-reactive ketones (excluding diaryl/α,β-unsaturated/α-hetero) is 1. The van der Waals surface area contributed by atoms with Crippen molar-refractivity contribution in [3.63, 3.8) is 0 Å². The minimum absolute atomic E-state index is 0.149. The van der Waals surface area contributed by atoms with Crippen LogP contribution in [-0.2, 0) is 17.3 Å². The number of benzene rings is 2. The van der Waals surface area contributed by atoms with Crippen molar-refractivity contribution in [2.24, 2.45) is 0 Å². The second-order valence-electron chi connectivity index (χ2n) is 8.83. The van der Waals surface area contributed by atoms with Gasteiger partial charge < -0.3 is 5.11 Å². The highest BCUT2D eigenvalue weighted by atomic mass is 16.3. The molecule has 2 heteroatoms. The van der Waals surface area contributed by atoms with Crippen LogP contribution < -0.4 is 0 Å². The van der Waals surface area contributed by atoms with E-state index < -0.39 is 0 Å². The molecule has 134 valence electrons. The Labute approximate surface area is 151 Å². The topological polar surface area (TPSA) is 37.3 Å². The molecule has 0 aliphatic heterocycles. The molecule has 2 rings (SSSR count). The van der Waals surface area contributed by atoms with Gasteiger partial charge in [-0.3, -0.25) is 4.79 Å². The highest BCUT2D eigenvalue weighted by molar-refractivity contribution is 5.96. The molecule has 1 N–H and O–H groups in total. The lowest BCUT2D eigenvalue weighted by atomic mass is 9.78. The van der Waals surface area contributed by atoms with E-state index >= 15 is 0 Å². The first kappa shape index (κ1) is 19.2. The smallest absolute Gasteiger partial charge is 0.163 e. The standard InChI is InChI=1S/C23H30O2/c1-22(2,3)18-14-16(15-19(21(18)25)23(4,5)6)12-13-20(24)17-10-8-7-9-11-17/h7-11,14-15,25H,12-13H2,1-6H3. The van der Waals surface area contributed by atoms with Gasteiger partial charge in [-0.25, -0.2) is 0 Å². The van der Waals surface area contributed by atoms with E-state index in [1.54, 1.807) is 0 Å². The third-order valence-corrected chi connectivity index (χ3v) is 4.52. The molecule has 2 nitrogen and oxygen atoms in total. The first-order valence-electron chi connectivity index (χ1n) is 8.95. The summed E-state index contributed by atoms with van der Waals surface area (Å²) in [5.74, 6) is 0.543. The third-order valence-electron chi connectivity index (χ3n) is 4.52. The Morgan fingerprint density at radius 2 is 1.36 bits per heavy atom. The normalized spacial score (nSPS) is 12.2. The van der Waals surface area contributed by atoms with Crippen molar-refractivity contribution in [2.45, 2.75) is 65.2 Å². The maximum atomic E-state index is 12.4. The number of ketones is 1. The second kappa shape index (κ2) is 7.03. The van der Waals surface area contributed by atoms with Crippen LogP contribution in [0.5, 0.6) is 5.75 Å². The Morgan fingerprint density at radius 3 is 1.80 bits per heavy atom. The lowest BCUT2D eigenvalue weighted by Crippen LogP contribution is -2.18. The number of aryl methyl sites for hydroxylation is 1. The summed E-state index contributed by atoms with van der Waals surface area (Å²) in [7, 11) is 0. The van der Waals surface area contributed by atoms with Crippen molar-refractivity contribution in [3.05, 3.63) is 64.7 Å². The number of hydrogen-bond acceptors (Lipinski definition) is 2. The molecule has 0 aromatic heterocycles. The molecule has 0 heterocycles. The summed E-state index contributed by atoms with van der Waals surface area (Å²) in [6.45, 7) is 12.6. The average Bonchev–Trinajstić information content (AvgIpc) is 2.52. The van der Waals surface area contributed by atoms with Crippen molar-refractivity contribution in [3.8, 4) is 5.75 Å². The Hall–Kier alpha value is -2.09. The maximum Gasteiger partial charge on any atom is 0.163 e. The first-order valence-corrected chi connectivity index (χ1v) is 8.95. The van der Waals surface area contributed by atoms with Gasteiger partial charge >= 0.3 is 0 Å². The van der Waals surface area contributed by atoms with Crippen LogP contribution in [0.25, 0.3) is 0 Å². The zero-order valence-corrected chi connectivity index (χ0v) is 16.3. The molecule has 0 spiro atoms. The van der Waals surface area contributed by atoms with Crippen molar-refractivity contribution in [1.29, 1.82) is 0 Å². The van der Waals surface area contributed by atoms with Crippen molar-refractivity contribution < 1.29 is 9.90 Å². The summed E-state index contributed by atoms with van der Waals surface area (Å²) in [4.78, 5) is 12.4. The molecule has 0 amide bonds. The van der Waals surface area contributed by atoms with Gasteiger partial charge in [0.15, 0.2) is 5.78 Å².